The highest BCUT2D eigenvalue weighted by Crippen LogP contribution is 2.06. The first-order valence-corrected chi connectivity index (χ1v) is 7.60. The Kier molecular flexibility index (Phi) is 7.30. The Hall–Kier alpha value is -1.36. The summed E-state index contributed by atoms with van der Waals surface area (Å²) in [4.78, 5) is 14.0. The van der Waals surface area contributed by atoms with Gasteiger partial charge in [-0.25, -0.2) is 4.68 Å². The van der Waals surface area contributed by atoms with Gasteiger partial charge in [0, 0.05) is 32.2 Å². The maximum Gasteiger partial charge on any atom is 0.268 e. The standard InChI is InChI=1S/C15H28N4O/c1-5-16-13(3)9-7-8-10-19-15(20)11-14(12-17-19)18(4)6-2/h11-13,16H,5-10H2,1-4H3. The summed E-state index contributed by atoms with van der Waals surface area (Å²) in [5, 5.41) is 7.64. The lowest BCUT2D eigenvalue weighted by atomic mass is 10.1. The monoisotopic (exact) mass is 280 g/mol. The number of nitrogens with zero attached hydrogens (tertiary/aromatic N) is 3. The highest BCUT2D eigenvalue weighted by Gasteiger charge is 2.04. The lowest BCUT2D eigenvalue weighted by Crippen LogP contribution is -2.27. The van der Waals surface area contributed by atoms with Crippen LogP contribution in [-0.4, -0.2) is 36.0 Å². The van der Waals surface area contributed by atoms with Gasteiger partial charge in [0.2, 0.25) is 0 Å². The molecule has 1 N–H and O–H groups in total. The lowest BCUT2D eigenvalue weighted by Gasteiger charge is -2.16. The average molecular weight is 280 g/mol. The zero-order valence-electron chi connectivity index (χ0n) is 13.2. The summed E-state index contributed by atoms with van der Waals surface area (Å²) in [6.07, 6.45) is 5.01. The maximum atomic E-state index is 12.0. The predicted octanol–water partition coefficient (Wildman–Crippen LogP) is 1.87. The molecule has 1 atom stereocenters. The van der Waals surface area contributed by atoms with Crippen molar-refractivity contribution >= 4 is 5.69 Å². The molecule has 114 valence electrons. The molecule has 0 spiro atoms. The molecule has 0 aliphatic carbocycles. The van der Waals surface area contributed by atoms with Crippen LogP contribution in [-0.2, 0) is 6.54 Å². The molecule has 1 heterocycles. The zero-order chi connectivity index (χ0) is 15.0. The van der Waals surface area contributed by atoms with Crippen molar-refractivity contribution in [3.05, 3.63) is 22.6 Å². The molecule has 0 aliphatic rings. The summed E-state index contributed by atoms with van der Waals surface area (Å²) >= 11 is 0. The Morgan fingerprint density at radius 3 is 2.75 bits per heavy atom. The van der Waals surface area contributed by atoms with Gasteiger partial charge in [-0.05, 0) is 33.2 Å². The van der Waals surface area contributed by atoms with Crippen molar-refractivity contribution in [3.8, 4) is 0 Å². The third kappa shape index (κ3) is 5.33. The van der Waals surface area contributed by atoms with Crippen LogP contribution in [0.1, 0.15) is 40.0 Å². The third-order valence-corrected chi connectivity index (χ3v) is 3.58. The molecule has 0 aliphatic heterocycles. The van der Waals surface area contributed by atoms with E-state index in [9.17, 15) is 4.79 Å². The molecule has 5 nitrogen and oxygen atoms in total. The first-order valence-electron chi connectivity index (χ1n) is 7.60. The minimum Gasteiger partial charge on any atom is -0.373 e. The number of rotatable bonds is 9. The summed E-state index contributed by atoms with van der Waals surface area (Å²) in [5.74, 6) is 0. The molecule has 0 saturated carbocycles. The van der Waals surface area contributed by atoms with E-state index in [0.717, 1.165) is 38.0 Å². The summed E-state index contributed by atoms with van der Waals surface area (Å²) in [6, 6.07) is 2.21. The van der Waals surface area contributed by atoms with E-state index >= 15 is 0 Å². The number of anilines is 1. The van der Waals surface area contributed by atoms with E-state index in [0.29, 0.717) is 12.6 Å². The minimum atomic E-state index is -0.0115. The van der Waals surface area contributed by atoms with Gasteiger partial charge >= 0.3 is 0 Å². The van der Waals surface area contributed by atoms with Crippen molar-refractivity contribution in [3.63, 3.8) is 0 Å². The number of hydrogen-bond donors (Lipinski definition) is 1. The molecule has 1 aromatic heterocycles. The van der Waals surface area contributed by atoms with E-state index in [4.69, 9.17) is 0 Å². The second-order valence-electron chi connectivity index (χ2n) is 5.24. The third-order valence-electron chi connectivity index (χ3n) is 3.58. The van der Waals surface area contributed by atoms with Gasteiger partial charge in [-0.15, -0.1) is 0 Å². The van der Waals surface area contributed by atoms with Gasteiger partial charge in [-0.1, -0.05) is 13.3 Å². The molecule has 5 heteroatoms. The van der Waals surface area contributed by atoms with Crippen LogP contribution in [0.25, 0.3) is 0 Å². The highest BCUT2D eigenvalue weighted by molar-refractivity contribution is 5.41. The minimum absolute atomic E-state index is 0.0115. The summed E-state index contributed by atoms with van der Waals surface area (Å²) in [5.41, 5.74) is 0.872. The summed E-state index contributed by atoms with van der Waals surface area (Å²) < 4.78 is 1.56. The van der Waals surface area contributed by atoms with Crippen LogP contribution in [0.15, 0.2) is 17.1 Å². The molecule has 1 rings (SSSR count). The normalized spacial score (nSPS) is 12.4. The first-order chi connectivity index (χ1) is 9.58. The molecule has 20 heavy (non-hydrogen) atoms. The fraction of sp³-hybridized carbons (Fsp3) is 0.733. The second kappa shape index (κ2) is 8.74. The number of unbranched alkanes of at least 4 members (excludes halogenated alkanes) is 1. The molecule has 0 fully saturated rings. The number of aryl methyl sites for hydroxylation is 1. The van der Waals surface area contributed by atoms with Crippen molar-refractivity contribution in [2.75, 3.05) is 25.0 Å². The average Bonchev–Trinajstić information content (AvgIpc) is 2.44. The van der Waals surface area contributed by atoms with Crippen LogP contribution in [0.4, 0.5) is 5.69 Å². The first kappa shape index (κ1) is 16.7. The van der Waals surface area contributed by atoms with E-state index in [1.54, 1.807) is 16.9 Å². The van der Waals surface area contributed by atoms with Crippen LogP contribution in [0.2, 0.25) is 0 Å². The molecular formula is C15H28N4O. The van der Waals surface area contributed by atoms with Gasteiger partial charge in [-0.3, -0.25) is 4.79 Å². The molecule has 0 aromatic carbocycles. The number of hydrogen-bond acceptors (Lipinski definition) is 4. The molecule has 0 radical (unpaired) electrons. The highest BCUT2D eigenvalue weighted by atomic mass is 16.1. The van der Waals surface area contributed by atoms with Gasteiger partial charge in [0.25, 0.3) is 5.56 Å². The Morgan fingerprint density at radius 2 is 2.15 bits per heavy atom. The van der Waals surface area contributed by atoms with Crippen molar-refractivity contribution in [1.29, 1.82) is 0 Å². The van der Waals surface area contributed by atoms with Crippen LogP contribution < -0.4 is 15.8 Å². The topological polar surface area (TPSA) is 50.2 Å². The van der Waals surface area contributed by atoms with E-state index in [-0.39, 0.29) is 5.56 Å². The molecule has 0 bridgehead atoms. The number of aromatic nitrogens is 2. The van der Waals surface area contributed by atoms with Crippen LogP contribution in [0.3, 0.4) is 0 Å². The number of nitrogens with one attached hydrogen (secondary N) is 1. The summed E-state index contributed by atoms with van der Waals surface area (Å²) in [7, 11) is 1.96. The lowest BCUT2D eigenvalue weighted by molar-refractivity contribution is 0.467. The van der Waals surface area contributed by atoms with E-state index in [1.807, 2.05) is 11.9 Å². The van der Waals surface area contributed by atoms with Crippen molar-refractivity contribution < 1.29 is 0 Å². The molecule has 0 saturated heterocycles. The SMILES string of the molecule is CCNC(C)CCCCn1ncc(N(C)CC)cc1=O. The largest absolute Gasteiger partial charge is 0.373 e. The fourth-order valence-corrected chi connectivity index (χ4v) is 2.15. The van der Waals surface area contributed by atoms with Crippen molar-refractivity contribution in [2.45, 2.75) is 52.6 Å². The fourth-order valence-electron chi connectivity index (χ4n) is 2.15. The molecule has 1 unspecified atom stereocenters. The smallest absolute Gasteiger partial charge is 0.268 e. The van der Waals surface area contributed by atoms with Gasteiger partial charge < -0.3 is 10.2 Å². The van der Waals surface area contributed by atoms with Crippen molar-refractivity contribution in [2.24, 2.45) is 0 Å². The van der Waals surface area contributed by atoms with Gasteiger partial charge in [0.05, 0.1) is 11.9 Å². The Labute approximate surface area is 122 Å². The van der Waals surface area contributed by atoms with Crippen LogP contribution in [0, 0.1) is 0 Å². The second-order valence-corrected chi connectivity index (χ2v) is 5.24. The van der Waals surface area contributed by atoms with E-state index < -0.39 is 0 Å². The van der Waals surface area contributed by atoms with E-state index in [1.165, 1.54) is 0 Å². The van der Waals surface area contributed by atoms with E-state index in [2.05, 4.69) is 31.2 Å². The zero-order valence-corrected chi connectivity index (χ0v) is 13.2. The molecular weight excluding hydrogens is 252 g/mol. The van der Waals surface area contributed by atoms with Crippen LogP contribution >= 0.6 is 0 Å². The Bertz CT molecular complexity index is 444. The summed E-state index contributed by atoms with van der Waals surface area (Å²) in [6.45, 7) is 8.95. The van der Waals surface area contributed by atoms with Gasteiger partial charge in [0.15, 0.2) is 0 Å². The Balaban J connectivity index is 2.43. The molecule has 0 amide bonds. The maximum absolute atomic E-state index is 12.0. The predicted molar refractivity (Wildman–Crippen MR) is 84.4 cm³/mol. The van der Waals surface area contributed by atoms with Crippen LogP contribution in [0.5, 0.6) is 0 Å². The van der Waals surface area contributed by atoms with Gasteiger partial charge in [0.1, 0.15) is 0 Å². The Morgan fingerprint density at radius 1 is 1.40 bits per heavy atom. The van der Waals surface area contributed by atoms with Crippen molar-refractivity contribution in [1.82, 2.24) is 15.1 Å². The molecule has 1 aromatic rings. The quantitative estimate of drug-likeness (QED) is 0.702. The van der Waals surface area contributed by atoms with Gasteiger partial charge in [-0.2, -0.15) is 5.10 Å².